The largest absolute Gasteiger partial charge is 0.347 e. The number of ether oxygens (including phenoxy) is 2. The molecule has 1 N–H and O–H groups in total. The highest BCUT2D eigenvalue weighted by molar-refractivity contribution is 6.31. The molecular weight excluding hydrogens is 356 g/mol. The van der Waals surface area contributed by atoms with Crippen LogP contribution in [0, 0.1) is 18.8 Å². The number of nitrogens with one attached hydrogen (secondary N) is 1. The number of nitrogens with zero attached hydrogens (tertiary/aromatic N) is 1. The van der Waals surface area contributed by atoms with E-state index in [1.54, 1.807) is 12.1 Å². The van der Waals surface area contributed by atoms with Crippen LogP contribution in [0.25, 0.3) is 0 Å². The Balaban J connectivity index is 1.31. The van der Waals surface area contributed by atoms with Crippen molar-refractivity contribution in [3.8, 4) is 0 Å². The molecule has 2 unspecified atom stereocenters. The molecule has 1 saturated carbocycles. The normalized spacial score (nSPS) is 26.8. The van der Waals surface area contributed by atoms with Crippen LogP contribution in [-0.2, 0) is 19.1 Å². The fraction of sp³-hybridized carbons (Fsp3) is 0.579. The molecule has 0 aromatic heterocycles. The summed E-state index contributed by atoms with van der Waals surface area (Å²) in [6, 6.07) is 5.41. The van der Waals surface area contributed by atoms with Crippen molar-refractivity contribution in [2.24, 2.45) is 11.8 Å². The maximum absolute atomic E-state index is 12.7. The monoisotopic (exact) mass is 378 g/mol. The van der Waals surface area contributed by atoms with Crippen molar-refractivity contribution in [3.63, 3.8) is 0 Å². The van der Waals surface area contributed by atoms with E-state index in [0.717, 1.165) is 5.56 Å². The van der Waals surface area contributed by atoms with Gasteiger partial charge >= 0.3 is 0 Å². The Kier molecular flexibility index (Phi) is 4.67. The van der Waals surface area contributed by atoms with E-state index in [1.807, 2.05) is 17.9 Å². The lowest BCUT2D eigenvalue weighted by atomic mass is 10.0. The van der Waals surface area contributed by atoms with Crippen LogP contribution >= 0.6 is 11.6 Å². The van der Waals surface area contributed by atoms with Gasteiger partial charge in [-0.1, -0.05) is 17.7 Å². The highest BCUT2D eigenvalue weighted by Crippen LogP contribution is 2.42. The van der Waals surface area contributed by atoms with E-state index in [2.05, 4.69) is 5.32 Å². The Morgan fingerprint density at radius 2 is 1.88 bits per heavy atom. The molecule has 26 heavy (non-hydrogen) atoms. The fourth-order valence-corrected chi connectivity index (χ4v) is 3.99. The number of hydrogen-bond acceptors (Lipinski definition) is 4. The summed E-state index contributed by atoms with van der Waals surface area (Å²) in [6.45, 7) is 4.36. The molecule has 4 rings (SSSR count). The number of piperidine rings is 1. The first-order valence-electron chi connectivity index (χ1n) is 9.12. The number of halogens is 1. The Labute approximate surface area is 157 Å². The van der Waals surface area contributed by atoms with Crippen molar-refractivity contribution >= 4 is 29.1 Å². The zero-order chi connectivity index (χ0) is 18.3. The van der Waals surface area contributed by atoms with Crippen molar-refractivity contribution in [2.75, 3.05) is 31.6 Å². The SMILES string of the molecule is Cc1c(Cl)cccc1NC(=O)C1CC1C(=O)N1CCC2(CC1)OCCO2. The summed E-state index contributed by atoms with van der Waals surface area (Å²) in [5.74, 6) is -0.989. The minimum atomic E-state index is -0.485. The van der Waals surface area contributed by atoms with Crippen LogP contribution < -0.4 is 5.32 Å². The van der Waals surface area contributed by atoms with Crippen molar-refractivity contribution < 1.29 is 19.1 Å². The van der Waals surface area contributed by atoms with Gasteiger partial charge in [0.1, 0.15) is 0 Å². The predicted octanol–water partition coefficient (Wildman–Crippen LogP) is 2.59. The number of hydrogen-bond donors (Lipinski definition) is 1. The number of benzene rings is 1. The van der Waals surface area contributed by atoms with Gasteiger partial charge in [-0.05, 0) is 31.0 Å². The summed E-state index contributed by atoms with van der Waals surface area (Å²) in [6.07, 6.45) is 2.01. The zero-order valence-electron chi connectivity index (χ0n) is 14.8. The van der Waals surface area contributed by atoms with E-state index in [4.69, 9.17) is 21.1 Å². The van der Waals surface area contributed by atoms with Crippen molar-refractivity contribution in [3.05, 3.63) is 28.8 Å². The van der Waals surface area contributed by atoms with Crippen LogP contribution in [0.2, 0.25) is 5.02 Å². The van der Waals surface area contributed by atoms with Crippen LogP contribution in [0.15, 0.2) is 18.2 Å². The van der Waals surface area contributed by atoms with Crippen LogP contribution in [0.4, 0.5) is 5.69 Å². The number of carbonyl (C=O) groups excluding carboxylic acids is 2. The third-order valence-corrected chi connectivity index (χ3v) is 6.03. The molecule has 3 aliphatic rings. The van der Waals surface area contributed by atoms with E-state index < -0.39 is 5.79 Å². The molecule has 6 nitrogen and oxygen atoms in total. The first-order valence-corrected chi connectivity index (χ1v) is 9.50. The molecule has 1 aliphatic carbocycles. The second kappa shape index (κ2) is 6.83. The minimum absolute atomic E-state index is 0.0702. The van der Waals surface area contributed by atoms with E-state index in [0.29, 0.717) is 56.3 Å². The van der Waals surface area contributed by atoms with Gasteiger partial charge in [0.15, 0.2) is 5.79 Å². The number of rotatable bonds is 3. The topological polar surface area (TPSA) is 67.9 Å². The number of likely N-dealkylation sites (tertiary alicyclic amines) is 1. The molecule has 1 spiro atoms. The van der Waals surface area contributed by atoms with Crippen LogP contribution in [0.1, 0.15) is 24.8 Å². The van der Waals surface area contributed by atoms with Crippen molar-refractivity contribution in [2.45, 2.75) is 32.0 Å². The Morgan fingerprint density at radius 1 is 1.19 bits per heavy atom. The first-order chi connectivity index (χ1) is 12.5. The van der Waals surface area contributed by atoms with E-state index in [1.165, 1.54) is 0 Å². The lowest BCUT2D eigenvalue weighted by Crippen LogP contribution is -2.48. The maximum Gasteiger partial charge on any atom is 0.228 e. The Hall–Kier alpha value is -1.63. The molecule has 0 bridgehead atoms. The van der Waals surface area contributed by atoms with Gasteiger partial charge in [-0.3, -0.25) is 9.59 Å². The van der Waals surface area contributed by atoms with Gasteiger partial charge in [-0.2, -0.15) is 0 Å². The van der Waals surface area contributed by atoms with E-state index in [9.17, 15) is 9.59 Å². The summed E-state index contributed by atoms with van der Waals surface area (Å²) in [7, 11) is 0. The highest BCUT2D eigenvalue weighted by Gasteiger charge is 2.51. The van der Waals surface area contributed by atoms with Gasteiger partial charge in [-0.25, -0.2) is 0 Å². The van der Waals surface area contributed by atoms with Crippen LogP contribution in [0.5, 0.6) is 0 Å². The highest BCUT2D eigenvalue weighted by atomic mass is 35.5. The summed E-state index contributed by atoms with van der Waals surface area (Å²) < 4.78 is 11.4. The number of amides is 2. The molecule has 2 amide bonds. The Morgan fingerprint density at radius 3 is 2.58 bits per heavy atom. The molecule has 2 heterocycles. The van der Waals surface area contributed by atoms with Gasteiger partial charge in [0.05, 0.1) is 25.0 Å². The van der Waals surface area contributed by atoms with Gasteiger partial charge in [0.25, 0.3) is 0 Å². The molecule has 2 aliphatic heterocycles. The molecule has 1 aromatic carbocycles. The second-order valence-electron chi connectivity index (χ2n) is 7.28. The molecule has 140 valence electrons. The molecule has 7 heteroatoms. The first kappa shape index (κ1) is 17.8. The third-order valence-electron chi connectivity index (χ3n) is 5.62. The molecule has 1 aromatic rings. The maximum atomic E-state index is 12.7. The van der Waals surface area contributed by atoms with Gasteiger partial charge in [-0.15, -0.1) is 0 Å². The van der Waals surface area contributed by atoms with Gasteiger partial charge < -0.3 is 19.7 Å². The average molecular weight is 379 g/mol. The fourth-order valence-electron chi connectivity index (χ4n) is 3.81. The quantitative estimate of drug-likeness (QED) is 0.877. The van der Waals surface area contributed by atoms with Crippen LogP contribution in [-0.4, -0.2) is 48.8 Å². The molecule has 0 radical (unpaired) electrons. The summed E-state index contributed by atoms with van der Waals surface area (Å²) in [4.78, 5) is 27.0. The lowest BCUT2D eigenvalue weighted by molar-refractivity contribution is -0.187. The van der Waals surface area contributed by atoms with Crippen molar-refractivity contribution in [1.29, 1.82) is 0 Å². The standard InChI is InChI=1S/C19H23ClN2O4/c1-12-15(20)3-2-4-16(12)21-17(23)13-11-14(13)18(24)22-7-5-19(6-8-22)25-9-10-26-19/h2-4,13-14H,5-11H2,1H3,(H,21,23). The molecule has 3 fully saturated rings. The zero-order valence-corrected chi connectivity index (χ0v) is 15.6. The predicted molar refractivity (Wildman–Crippen MR) is 96.9 cm³/mol. The third kappa shape index (κ3) is 3.33. The average Bonchev–Trinajstić information content (AvgIpc) is 3.33. The summed E-state index contributed by atoms with van der Waals surface area (Å²) in [5.41, 5.74) is 1.54. The van der Waals surface area contributed by atoms with Crippen molar-refractivity contribution in [1.82, 2.24) is 4.90 Å². The van der Waals surface area contributed by atoms with E-state index >= 15 is 0 Å². The number of anilines is 1. The second-order valence-corrected chi connectivity index (χ2v) is 7.69. The van der Waals surface area contributed by atoms with Crippen LogP contribution in [0.3, 0.4) is 0 Å². The number of carbonyl (C=O) groups is 2. The lowest BCUT2D eigenvalue weighted by Gasteiger charge is -2.37. The van der Waals surface area contributed by atoms with Gasteiger partial charge in [0, 0.05) is 36.6 Å². The van der Waals surface area contributed by atoms with E-state index in [-0.39, 0.29) is 23.7 Å². The Bertz CT molecular complexity index is 722. The minimum Gasteiger partial charge on any atom is -0.347 e. The molecule has 2 saturated heterocycles. The summed E-state index contributed by atoms with van der Waals surface area (Å²) in [5, 5.41) is 3.52. The molecule has 2 atom stereocenters. The summed E-state index contributed by atoms with van der Waals surface area (Å²) >= 11 is 6.09. The molecular formula is C19H23ClN2O4. The smallest absolute Gasteiger partial charge is 0.228 e. The van der Waals surface area contributed by atoms with Gasteiger partial charge in [0.2, 0.25) is 11.8 Å².